The Hall–Kier alpha value is -0.620. The van der Waals surface area contributed by atoms with Gasteiger partial charge in [-0.3, -0.25) is 0 Å². The van der Waals surface area contributed by atoms with E-state index in [-0.39, 0.29) is 12.0 Å². The summed E-state index contributed by atoms with van der Waals surface area (Å²) in [6, 6.07) is 6.02. The molecule has 0 radical (unpaired) electrons. The molecular weight excluding hydrogens is 310 g/mol. The normalized spacial score (nSPS) is 17.0. The number of methoxy groups -OCH3 is 1. The lowest BCUT2D eigenvalue weighted by atomic mass is 9.87. The van der Waals surface area contributed by atoms with Crippen LogP contribution in [0, 0.1) is 5.41 Å². The van der Waals surface area contributed by atoms with Crippen LogP contribution in [0.1, 0.15) is 5.56 Å². The Morgan fingerprint density at radius 1 is 1.47 bits per heavy atom. The fourth-order valence-corrected chi connectivity index (χ4v) is 2.57. The summed E-state index contributed by atoms with van der Waals surface area (Å²) in [5.74, 6) is 0.911. The van der Waals surface area contributed by atoms with Crippen molar-refractivity contribution in [2.45, 2.75) is 6.42 Å². The third-order valence-electron chi connectivity index (χ3n) is 3.47. The molecule has 19 heavy (non-hydrogen) atoms. The van der Waals surface area contributed by atoms with Crippen molar-refractivity contribution in [3.63, 3.8) is 0 Å². The lowest BCUT2D eigenvalue weighted by Gasteiger charge is -2.40. The fourth-order valence-electron chi connectivity index (χ4n) is 2.16. The monoisotopic (exact) mass is 329 g/mol. The minimum atomic E-state index is -0.0681. The molecule has 0 atom stereocenters. The lowest BCUT2D eigenvalue weighted by Crippen LogP contribution is -2.52. The molecule has 1 fully saturated rings. The molecule has 1 aromatic rings. The highest BCUT2D eigenvalue weighted by Gasteiger charge is 2.37. The molecule has 4 nitrogen and oxygen atoms in total. The molecule has 0 amide bonds. The smallest absolute Gasteiger partial charge is 0.122 e. The molecule has 0 unspecified atom stereocenters. The Kier molecular flexibility index (Phi) is 5.21. The van der Waals surface area contributed by atoms with Crippen molar-refractivity contribution in [1.29, 1.82) is 0 Å². The second kappa shape index (κ2) is 6.70. The summed E-state index contributed by atoms with van der Waals surface area (Å²) >= 11 is 3.47. The molecule has 1 aliphatic rings. The first kappa shape index (κ1) is 14.8. The summed E-state index contributed by atoms with van der Waals surface area (Å²) in [6.45, 7) is 3.13. The van der Waals surface area contributed by atoms with Gasteiger partial charge in [0.1, 0.15) is 5.75 Å². The first-order valence-electron chi connectivity index (χ1n) is 6.41. The molecular formula is C14H20BrNO3. The van der Waals surface area contributed by atoms with Crippen molar-refractivity contribution in [3.8, 4) is 5.75 Å². The van der Waals surface area contributed by atoms with Gasteiger partial charge in [0.25, 0.3) is 0 Å². The van der Waals surface area contributed by atoms with Crippen LogP contribution in [0.3, 0.4) is 0 Å². The van der Waals surface area contributed by atoms with Gasteiger partial charge in [0, 0.05) is 11.0 Å². The number of rotatable bonds is 7. The third-order valence-corrected chi connectivity index (χ3v) is 3.96. The van der Waals surface area contributed by atoms with Crippen LogP contribution in [0.4, 0.5) is 0 Å². The van der Waals surface area contributed by atoms with E-state index < -0.39 is 0 Å². The maximum Gasteiger partial charge on any atom is 0.122 e. The lowest BCUT2D eigenvalue weighted by molar-refractivity contribution is -0.134. The summed E-state index contributed by atoms with van der Waals surface area (Å²) < 4.78 is 11.6. The van der Waals surface area contributed by atoms with E-state index >= 15 is 0 Å². The van der Waals surface area contributed by atoms with Gasteiger partial charge in [0.05, 0.1) is 32.3 Å². The Morgan fingerprint density at radius 3 is 2.84 bits per heavy atom. The second-order valence-electron chi connectivity index (χ2n) is 5.03. The topological polar surface area (TPSA) is 50.7 Å². The van der Waals surface area contributed by atoms with Gasteiger partial charge in [0.15, 0.2) is 0 Å². The van der Waals surface area contributed by atoms with Gasteiger partial charge in [0.2, 0.25) is 0 Å². The van der Waals surface area contributed by atoms with Crippen LogP contribution in [0.2, 0.25) is 0 Å². The minimum absolute atomic E-state index is 0.0681. The molecule has 0 bridgehead atoms. The van der Waals surface area contributed by atoms with Crippen molar-refractivity contribution in [1.82, 2.24) is 5.32 Å². The maximum atomic E-state index is 9.33. The zero-order valence-electron chi connectivity index (χ0n) is 11.1. The number of aliphatic hydroxyl groups excluding tert-OH is 1. The number of hydrogen-bond acceptors (Lipinski definition) is 4. The average Bonchev–Trinajstić information content (AvgIpc) is 2.37. The Morgan fingerprint density at radius 2 is 2.26 bits per heavy atom. The van der Waals surface area contributed by atoms with Crippen LogP contribution >= 0.6 is 15.9 Å². The predicted molar refractivity (Wildman–Crippen MR) is 77.6 cm³/mol. The van der Waals surface area contributed by atoms with Crippen LogP contribution in [-0.2, 0) is 11.2 Å². The SMILES string of the molecule is COc1ccc(Br)cc1CCNCC1(CO)COC1. The molecule has 106 valence electrons. The molecule has 1 aromatic carbocycles. The van der Waals surface area contributed by atoms with Gasteiger partial charge in [-0.15, -0.1) is 0 Å². The number of ether oxygens (including phenoxy) is 2. The van der Waals surface area contributed by atoms with Crippen molar-refractivity contribution in [2.24, 2.45) is 5.41 Å². The molecule has 5 heteroatoms. The highest BCUT2D eigenvalue weighted by atomic mass is 79.9. The van der Waals surface area contributed by atoms with E-state index in [0.717, 1.165) is 29.7 Å². The number of hydrogen-bond donors (Lipinski definition) is 2. The van der Waals surface area contributed by atoms with Crippen LogP contribution < -0.4 is 10.1 Å². The zero-order chi connectivity index (χ0) is 13.7. The molecule has 2 N–H and O–H groups in total. The highest BCUT2D eigenvalue weighted by molar-refractivity contribution is 9.10. The van der Waals surface area contributed by atoms with Gasteiger partial charge in [-0.1, -0.05) is 15.9 Å². The molecule has 1 aliphatic heterocycles. The summed E-state index contributed by atoms with van der Waals surface area (Å²) in [4.78, 5) is 0. The zero-order valence-corrected chi connectivity index (χ0v) is 12.7. The molecule has 0 saturated carbocycles. The van der Waals surface area contributed by atoms with E-state index in [1.165, 1.54) is 5.56 Å². The van der Waals surface area contributed by atoms with Gasteiger partial charge >= 0.3 is 0 Å². The van der Waals surface area contributed by atoms with Gasteiger partial charge < -0.3 is 19.9 Å². The maximum absolute atomic E-state index is 9.33. The standard InChI is InChI=1S/C14H20BrNO3/c1-18-13-3-2-12(15)6-11(13)4-5-16-7-14(8-17)9-19-10-14/h2-3,6,16-17H,4-5,7-10H2,1H3. The third kappa shape index (κ3) is 3.69. The Balaban J connectivity index is 1.80. The van der Waals surface area contributed by atoms with E-state index in [4.69, 9.17) is 9.47 Å². The quantitative estimate of drug-likeness (QED) is 0.746. The molecule has 0 spiro atoms. The van der Waals surface area contributed by atoms with Crippen LogP contribution in [0.5, 0.6) is 5.75 Å². The van der Waals surface area contributed by atoms with Crippen molar-refractivity contribution >= 4 is 15.9 Å². The number of nitrogens with one attached hydrogen (secondary N) is 1. The first-order valence-corrected chi connectivity index (χ1v) is 7.20. The second-order valence-corrected chi connectivity index (χ2v) is 5.95. The largest absolute Gasteiger partial charge is 0.496 e. The van der Waals surface area contributed by atoms with Crippen LogP contribution in [0.25, 0.3) is 0 Å². The fraction of sp³-hybridized carbons (Fsp3) is 0.571. The number of halogens is 1. The van der Waals surface area contributed by atoms with Gasteiger partial charge in [-0.2, -0.15) is 0 Å². The Bertz CT molecular complexity index is 416. The van der Waals surface area contributed by atoms with E-state index in [1.54, 1.807) is 7.11 Å². The Labute approximate surface area is 122 Å². The highest BCUT2D eigenvalue weighted by Crippen LogP contribution is 2.26. The summed E-state index contributed by atoms with van der Waals surface area (Å²) in [7, 11) is 1.69. The molecule has 2 rings (SSSR count). The van der Waals surface area contributed by atoms with E-state index in [1.807, 2.05) is 12.1 Å². The minimum Gasteiger partial charge on any atom is -0.496 e. The van der Waals surface area contributed by atoms with E-state index in [9.17, 15) is 5.11 Å². The summed E-state index contributed by atoms with van der Waals surface area (Å²) in [5, 5.41) is 12.7. The van der Waals surface area contributed by atoms with Crippen LogP contribution in [-0.4, -0.2) is 45.1 Å². The van der Waals surface area contributed by atoms with Crippen molar-refractivity contribution in [3.05, 3.63) is 28.2 Å². The molecule has 1 heterocycles. The van der Waals surface area contributed by atoms with Gasteiger partial charge in [-0.05, 0) is 36.7 Å². The summed E-state index contributed by atoms with van der Waals surface area (Å²) in [5.41, 5.74) is 1.11. The first-order chi connectivity index (χ1) is 9.19. The van der Waals surface area contributed by atoms with E-state index in [2.05, 4.69) is 27.3 Å². The molecule has 0 aliphatic carbocycles. The van der Waals surface area contributed by atoms with E-state index in [0.29, 0.717) is 13.2 Å². The average molecular weight is 330 g/mol. The predicted octanol–water partition coefficient (Wildman–Crippen LogP) is 1.60. The summed E-state index contributed by atoms with van der Waals surface area (Å²) in [6.07, 6.45) is 0.894. The van der Waals surface area contributed by atoms with Crippen molar-refractivity contribution in [2.75, 3.05) is 40.0 Å². The number of aliphatic hydroxyl groups is 1. The van der Waals surface area contributed by atoms with Gasteiger partial charge in [-0.25, -0.2) is 0 Å². The number of benzene rings is 1. The van der Waals surface area contributed by atoms with Crippen molar-refractivity contribution < 1.29 is 14.6 Å². The molecule has 1 saturated heterocycles. The molecule has 0 aromatic heterocycles. The van der Waals surface area contributed by atoms with Crippen LogP contribution in [0.15, 0.2) is 22.7 Å².